The molecule has 124 valence electrons. The number of methoxy groups -OCH3 is 1. The first-order valence-corrected chi connectivity index (χ1v) is 8.47. The molecule has 4 rings (SSSR count). The number of nitrogens with zero attached hydrogens (tertiary/aromatic N) is 2. The standard InChI is InChI=1S/C19H21N3O2/c1-24-12-14-11-16(23)17-18(13-7-5-6-8-13)21-22(19(17)20-14)15-9-3-2-4-10-15/h2-4,9-11,13H,5-8,12H2,1H3,(H,20,23). The topological polar surface area (TPSA) is 59.9 Å². The normalized spacial score (nSPS) is 15.4. The Morgan fingerprint density at radius 3 is 2.71 bits per heavy atom. The number of benzene rings is 1. The summed E-state index contributed by atoms with van der Waals surface area (Å²) in [5.74, 6) is 0.381. The van der Waals surface area contributed by atoms with Crippen LogP contribution >= 0.6 is 0 Å². The average molecular weight is 323 g/mol. The van der Waals surface area contributed by atoms with Gasteiger partial charge in [0.15, 0.2) is 5.43 Å². The van der Waals surface area contributed by atoms with Gasteiger partial charge < -0.3 is 9.72 Å². The van der Waals surface area contributed by atoms with E-state index in [2.05, 4.69) is 4.98 Å². The first kappa shape index (κ1) is 15.1. The summed E-state index contributed by atoms with van der Waals surface area (Å²) in [5, 5.41) is 5.58. The van der Waals surface area contributed by atoms with Crippen LogP contribution in [0.25, 0.3) is 16.7 Å². The largest absolute Gasteiger partial charge is 0.378 e. The number of nitrogens with one attached hydrogen (secondary N) is 1. The average Bonchev–Trinajstić information content (AvgIpc) is 3.23. The molecule has 0 atom stereocenters. The molecule has 5 nitrogen and oxygen atoms in total. The molecule has 1 N–H and O–H groups in total. The maximum Gasteiger partial charge on any atom is 0.193 e. The molecule has 0 saturated heterocycles. The lowest BCUT2D eigenvalue weighted by atomic mass is 10.0. The Morgan fingerprint density at radius 1 is 1.25 bits per heavy atom. The van der Waals surface area contributed by atoms with Crippen LogP contribution in [0.5, 0.6) is 0 Å². The number of ether oxygens (including phenoxy) is 1. The number of hydrogen-bond acceptors (Lipinski definition) is 3. The molecule has 0 bridgehead atoms. The molecule has 1 saturated carbocycles. The van der Waals surface area contributed by atoms with E-state index in [1.54, 1.807) is 13.2 Å². The Hall–Kier alpha value is -2.40. The number of fused-ring (bicyclic) bond motifs is 1. The highest BCUT2D eigenvalue weighted by atomic mass is 16.5. The van der Waals surface area contributed by atoms with E-state index >= 15 is 0 Å². The molecule has 1 aliphatic rings. The summed E-state index contributed by atoms with van der Waals surface area (Å²) < 4.78 is 7.05. The molecule has 5 heteroatoms. The van der Waals surface area contributed by atoms with Gasteiger partial charge in [-0.15, -0.1) is 0 Å². The van der Waals surface area contributed by atoms with Gasteiger partial charge in [0, 0.05) is 24.8 Å². The number of hydrogen-bond donors (Lipinski definition) is 1. The van der Waals surface area contributed by atoms with Crippen molar-refractivity contribution in [1.29, 1.82) is 0 Å². The minimum atomic E-state index is 0.0277. The van der Waals surface area contributed by atoms with E-state index in [1.165, 1.54) is 12.8 Å². The van der Waals surface area contributed by atoms with Crippen molar-refractivity contribution in [3.8, 4) is 5.69 Å². The fourth-order valence-corrected chi connectivity index (χ4v) is 3.69. The minimum absolute atomic E-state index is 0.0277. The van der Waals surface area contributed by atoms with E-state index in [1.807, 2.05) is 35.0 Å². The molecule has 2 heterocycles. The number of aromatic amines is 1. The van der Waals surface area contributed by atoms with Gasteiger partial charge in [0.1, 0.15) is 5.65 Å². The second kappa shape index (κ2) is 6.24. The van der Waals surface area contributed by atoms with Crippen LogP contribution in [0.15, 0.2) is 41.2 Å². The molecule has 1 aromatic carbocycles. The lowest BCUT2D eigenvalue weighted by Crippen LogP contribution is -2.08. The van der Waals surface area contributed by atoms with Crippen molar-refractivity contribution in [1.82, 2.24) is 14.8 Å². The van der Waals surface area contributed by atoms with Crippen molar-refractivity contribution in [2.75, 3.05) is 7.11 Å². The molecular formula is C19H21N3O2. The van der Waals surface area contributed by atoms with E-state index in [4.69, 9.17) is 9.84 Å². The smallest absolute Gasteiger partial charge is 0.193 e. The van der Waals surface area contributed by atoms with Gasteiger partial charge in [-0.05, 0) is 25.0 Å². The van der Waals surface area contributed by atoms with Crippen molar-refractivity contribution in [3.63, 3.8) is 0 Å². The highest BCUT2D eigenvalue weighted by Crippen LogP contribution is 2.36. The highest BCUT2D eigenvalue weighted by Gasteiger charge is 2.25. The lowest BCUT2D eigenvalue weighted by Gasteiger charge is -2.05. The van der Waals surface area contributed by atoms with Gasteiger partial charge in [0.05, 0.1) is 23.4 Å². The summed E-state index contributed by atoms with van der Waals surface area (Å²) in [7, 11) is 1.63. The molecule has 2 aromatic heterocycles. The van der Waals surface area contributed by atoms with Crippen molar-refractivity contribution < 1.29 is 4.74 Å². The first-order valence-electron chi connectivity index (χ1n) is 8.47. The summed E-state index contributed by atoms with van der Waals surface area (Å²) in [5.41, 5.74) is 3.46. The monoisotopic (exact) mass is 323 g/mol. The number of H-pyrrole nitrogens is 1. The lowest BCUT2D eigenvalue weighted by molar-refractivity contribution is 0.181. The fourth-order valence-electron chi connectivity index (χ4n) is 3.69. The van der Waals surface area contributed by atoms with Gasteiger partial charge in [0.25, 0.3) is 0 Å². The van der Waals surface area contributed by atoms with Gasteiger partial charge in [-0.1, -0.05) is 31.0 Å². The predicted octanol–water partition coefficient (Wildman–Crippen LogP) is 3.52. The molecule has 0 amide bonds. The Balaban J connectivity index is 1.98. The van der Waals surface area contributed by atoms with Crippen LogP contribution in [-0.2, 0) is 11.3 Å². The number of pyridine rings is 1. The second-order valence-electron chi connectivity index (χ2n) is 6.43. The SMILES string of the molecule is COCc1cc(=O)c2c(C3CCCC3)nn(-c3ccccc3)c2[nH]1. The van der Waals surface area contributed by atoms with Crippen LogP contribution in [0, 0.1) is 0 Å². The van der Waals surface area contributed by atoms with Crippen molar-refractivity contribution in [3.05, 3.63) is 58.0 Å². The fraction of sp³-hybridized carbons (Fsp3) is 0.368. The van der Waals surface area contributed by atoms with Crippen LogP contribution in [-0.4, -0.2) is 21.9 Å². The van der Waals surface area contributed by atoms with E-state index in [9.17, 15) is 4.79 Å². The third-order valence-electron chi connectivity index (χ3n) is 4.79. The maximum absolute atomic E-state index is 12.8. The van der Waals surface area contributed by atoms with E-state index in [0.717, 1.165) is 41.0 Å². The molecule has 1 aliphatic carbocycles. The Kier molecular flexibility index (Phi) is 3.94. The van der Waals surface area contributed by atoms with Crippen LogP contribution in [0.2, 0.25) is 0 Å². The molecule has 0 unspecified atom stereocenters. The van der Waals surface area contributed by atoms with Crippen LogP contribution in [0.3, 0.4) is 0 Å². The molecule has 0 aliphatic heterocycles. The maximum atomic E-state index is 12.8. The summed E-state index contributed by atoms with van der Waals surface area (Å²) in [4.78, 5) is 16.1. The third kappa shape index (κ3) is 2.55. The Morgan fingerprint density at radius 2 is 2.00 bits per heavy atom. The number of aromatic nitrogens is 3. The second-order valence-corrected chi connectivity index (χ2v) is 6.43. The third-order valence-corrected chi connectivity index (χ3v) is 4.79. The molecule has 1 fully saturated rings. The molecule has 3 aromatic rings. The quantitative estimate of drug-likeness (QED) is 0.799. The van der Waals surface area contributed by atoms with Crippen molar-refractivity contribution in [2.24, 2.45) is 0 Å². The van der Waals surface area contributed by atoms with E-state index in [-0.39, 0.29) is 5.43 Å². The zero-order chi connectivity index (χ0) is 16.5. The minimum Gasteiger partial charge on any atom is -0.378 e. The van der Waals surface area contributed by atoms with E-state index < -0.39 is 0 Å². The van der Waals surface area contributed by atoms with Gasteiger partial charge >= 0.3 is 0 Å². The van der Waals surface area contributed by atoms with Gasteiger partial charge in [-0.3, -0.25) is 4.79 Å². The number of para-hydroxylation sites is 1. The summed E-state index contributed by atoms with van der Waals surface area (Å²) in [6.07, 6.45) is 4.65. The Labute approximate surface area is 140 Å². The van der Waals surface area contributed by atoms with Gasteiger partial charge in [-0.2, -0.15) is 5.10 Å². The zero-order valence-corrected chi connectivity index (χ0v) is 13.8. The van der Waals surface area contributed by atoms with Crippen LogP contribution < -0.4 is 5.43 Å². The highest BCUT2D eigenvalue weighted by molar-refractivity contribution is 5.80. The first-order chi connectivity index (χ1) is 11.8. The zero-order valence-electron chi connectivity index (χ0n) is 13.8. The van der Waals surface area contributed by atoms with Crippen LogP contribution in [0.4, 0.5) is 0 Å². The van der Waals surface area contributed by atoms with Crippen molar-refractivity contribution in [2.45, 2.75) is 38.2 Å². The molecule has 0 radical (unpaired) electrons. The van der Waals surface area contributed by atoms with Gasteiger partial charge in [-0.25, -0.2) is 4.68 Å². The summed E-state index contributed by atoms with van der Waals surface area (Å²) >= 11 is 0. The van der Waals surface area contributed by atoms with E-state index in [0.29, 0.717) is 12.5 Å². The molecule has 0 spiro atoms. The Bertz CT molecular complexity index is 906. The predicted molar refractivity (Wildman–Crippen MR) is 93.6 cm³/mol. The summed E-state index contributed by atoms with van der Waals surface area (Å²) in [6.45, 7) is 0.379. The summed E-state index contributed by atoms with van der Waals surface area (Å²) in [6, 6.07) is 11.6. The number of rotatable bonds is 4. The van der Waals surface area contributed by atoms with Crippen LogP contribution in [0.1, 0.15) is 43.0 Å². The molecule has 24 heavy (non-hydrogen) atoms. The van der Waals surface area contributed by atoms with Crippen molar-refractivity contribution >= 4 is 11.0 Å². The molecular weight excluding hydrogens is 302 g/mol. The van der Waals surface area contributed by atoms with Gasteiger partial charge in [0.2, 0.25) is 0 Å².